The van der Waals surface area contributed by atoms with Gasteiger partial charge >= 0.3 is 5.97 Å². The summed E-state index contributed by atoms with van der Waals surface area (Å²) in [5, 5.41) is 3.90. The van der Waals surface area contributed by atoms with Crippen molar-refractivity contribution >= 4 is 23.4 Å². The second kappa shape index (κ2) is 7.51. The number of benzene rings is 1. The van der Waals surface area contributed by atoms with Crippen molar-refractivity contribution in [1.82, 2.24) is 5.32 Å². The van der Waals surface area contributed by atoms with Crippen molar-refractivity contribution in [2.45, 2.75) is 57.5 Å². The first-order valence-corrected chi connectivity index (χ1v) is 10.1. The van der Waals surface area contributed by atoms with E-state index in [0.29, 0.717) is 17.0 Å². The largest absolute Gasteiger partial charge is 0.459 e. The zero-order chi connectivity index (χ0) is 19.0. The zero-order valence-electron chi connectivity index (χ0n) is 15.5. The molecule has 2 unspecified atom stereocenters. The minimum Gasteiger partial charge on any atom is -0.459 e. The number of rotatable bonds is 3. The first-order valence-electron chi connectivity index (χ1n) is 9.71. The summed E-state index contributed by atoms with van der Waals surface area (Å²) in [5.74, 6) is -0.900. The number of allylic oxidation sites excluding steroid dienone is 3. The smallest absolute Gasteiger partial charge is 0.336 e. The lowest BCUT2D eigenvalue weighted by molar-refractivity contribution is -0.144. The third-order valence-electron chi connectivity index (χ3n) is 5.82. The molecule has 1 aromatic carbocycles. The molecular weight excluding hydrogens is 362 g/mol. The van der Waals surface area contributed by atoms with Gasteiger partial charge in [-0.25, -0.2) is 4.79 Å². The van der Waals surface area contributed by atoms with Crippen LogP contribution in [0.1, 0.15) is 56.9 Å². The van der Waals surface area contributed by atoms with E-state index in [2.05, 4.69) is 11.4 Å². The summed E-state index contributed by atoms with van der Waals surface area (Å²) >= 11 is 6.23. The summed E-state index contributed by atoms with van der Waals surface area (Å²) in [4.78, 5) is 26.0. The fourth-order valence-electron chi connectivity index (χ4n) is 4.56. The maximum absolute atomic E-state index is 13.1. The summed E-state index contributed by atoms with van der Waals surface area (Å²) in [5.41, 5.74) is 3.10. The van der Waals surface area contributed by atoms with Crippen LogP contribution in [0.25, 0.3) is 0 Å². The molecule has 27 heavy (non-hydrogen) atoms. The third-order valence-corrected chi connectivity index (χ3v) is 6.06. The molecule has 4 rings (SSSR count). The predicted molar refractivity (Wildman–Crippen MR) is 104 cm³/mol. The van der Waals surface area contributed by atoms with Gasteiger partial charge in [0.25, 0.3) is 0 Å². The van der Waals surface area contributed by atoms with Gasteiger partial charge in [0.15, 0.2) is 0 Å². The standard InChI is InChI=1S/C22H24ClNO3/c1-13-19(22(26)27-16-8-2-3-9-16)20(14-6-4-7-15(23)12-14)21-17(24-13)10-5-11-18(21)25/h4,6-7,10,12,16,20-21,24H,2-3,5,8-9,11H2,1H3. The summed E-state index contributed by atoms with van der Waals surface area (Å²) in [6.45, 7) is 1.89. The van der Waals surface area contributed by atoms with Crippen molar-refractivity contribution in [1.29, 1.82) is 0 Å². The maximum atomic E-state index is 13.1. The van der Waals surface area contributed by atoms with Gasteiger partial charge in [-0.2, -0.15) is 0 Å². The van der Waals surface area contributed by atoms with Crippen LogP contribution < -0.4 is 5.32 Å². The fraction of sp³-hybridized carbons (Fsp3) is 0.455. The maximum Gasteiger partial charge on any atom is 0.336 e. The van der Waals surface area contributed by atoms with Gasteiger partial charge in [0.1, 0.15) is 11.9 Å². The molecule has 0 saturated heterocycles. The minimum absolute atomic E-state index is 0.0168. The van der Waals surface area contributed by atoms with Crippen molar-refractivity contribution < 1.29 is 14.3 Å². The van der Waals surface area contributed by atoms with E-state index in [0.717, 1.165) is 49.1 Å². The molecule has 1 aromatic rings. The van der Waals surface area contributed by atoms with Crippen molar-refractivity contribution in [3.63, 3.8) is 0 Å². The Balaban J connectivity index is 1.77. The molecule has 5 heteroatoms. The Morgan fingerprint density at radius 3 is 2.74 bits per heavy atom. The highest BCUT2D eigenvalue weighted by atomic mass is 35.5. The number of nitrogens with one attached hydrogen (secondary N) is 1. The van der Waals surface area contributed by atoms with Gasteiger partial charge in [-0.15, -0.1) is 0 Å². The number of carbonyl (C=O) groups is 2. The normalized spacial score (nSPS) is 25.7. The number of ether oxygens (including phenoxy) is 1. The predicted octanol–water partition coefficient (Wildman–Crippen LogP) is 4.65. The molecule has 0 radical (unpaired) electrons. The molecule has 1 aliphatic heterocycles. The van der Waals surface area contributed by atoms with Crippen molar-refractivity contribution in [2.75, 3.05) is 0 Å². The molecule has 1 heterocycles. The highest BCUT2D eigenvalue weighted by Gasteiger charge is 2.43. The summed E-state index contributed by atoms with van der Waals surface area (Å²) in [7, 11) is 0. The van der Waals surface area contributed by atoms with Crippen LogP contribution in [0.5, 0.6) is 0 Å². The van der Waals surface area contributed by atoms with Crippen LogP contribution in [0.15, 0.2) is 47.3 Å². The van der Waals surface area contributed by atoms with Gasteiger partial charge in [-0.1, -0.05) is 29.8 Å². The van der Waals surface area contributed by atoms with Crippen molar-refractivity contribution in [2.24, 2.45) is 5.92 Å². The SMILES string of the molecule is CC1=C(C(=O)OC2CCCC2)C(c2cccc(Cl)c2)C2C(=O)CCC=C2N1. The molecule has 142 valence electrons. The summed E-state index contributed by atoms with van der Waals surface area (Å²) in [6, 6.07) is 7.47. The lowest BCUT2D eigenvalue weighted by Crippen LogP contribution is -2.41. The topological polar surface area (TPSA) is 55.4 Å². The highest BCUT2D eigenvalue weighted by molar-refractivity contribution is 6.30. The van der Waals surface area contributed by atoms with E-state index in [1.54, 1.807) is 6.07 Å². The second-order valence-corrected chi connectivity index (χ2v) is 8.09. The van der Waals surface area contributed by atoms with Crippen molar-refractivity contribution in [3.8, 4) is 0 Å². The Morgan fingerprint density at radius 2 is 2.00 bits per heavy atom. The Hall–Kier alpha value is -2.07. The molecule has 1 saturated carbocycles. The number of carbonyl (C=O) groups excluding carboxylic acids is 2. The minimum atomic E-state index is -0.382. The quantitative estimate of drug-likeness (QED) is 0.769. The number of esters is 1. The summed E-state index contributed by atoms with van der Waals surface area (Å²) in [6.07, 6.45) is 7.32. The Bertz CT molecular complexity index is 836. The van der Waals surface area contributed by atoms with Gasteiger partial charge < -0.3 is 10.1 Å². The molecule has 1 fully saturated rings. The lowest BCUT2D eigenvalue weighted by Gasteiger charge is -2.38. The molecule has 4 nitrogen and oxygen atoms in total. The fourth-order valence-corrected chi connectivity index (χ4v) is 4.76. The first-order chi connectivity index (χ1) is 13.0. The first kappa shape index (κ1) is 18.3. The number of hydrogen-bond donors (Lipinski definition) is 1. The van der Waals surface area contributed by atoms with E-state index in [-0.39, 0.29) is 29.7 Å². The Labute approximate surface area is 164 Å². The number of fused-ring (bicyclic) bond motifs is 1. The molecule has 1 N–H and O–H groups in total. The molecular formula is C22H24ClNO3. The molecule has 0 spiro atoms. The Kier molecular flexibility index (Phi) is 5.09. The van der Waals surface area contributed by atoms with Crippen LogP contribution in [-0.2, 0) is 14.3 Å². The van der Waals surface area contributed by atoms with E-state index in [4.69, 9.17) is 16.3 Å². The second-order valence-electron chi connectivity index (χ2n) is 7.65. The van der Waals surface area contributed by atoms with Crippen LogP contribution in [-0.4, -0.2) is 17.9 Å². The van der Waals surface area contributed by atoms with E-state index in [1.165, 1.54) is 0 Å². The van der Waals surface area contributed by atoms with Crippen LogP contribution in [0.2, 0.25) is 5.02 Å². The van der Waals surface area contributed by atoms with E-state index in [1.807, 2.05) is 25.1 Å². The number of ketones is 1. The molecule has 0 aromatic heterocycles. The van der Waals surface area contributed by atoms with Gasteiger partial charge in [-0.05, 0) is 56.7 Å². The molecule has 0 amide bonds. The molecule has 3 aliphatic rings. The van der Waals surface area contributed by atoms with Crippen LogP contribution in [0, 0.1) is 5.92 Å². The average Bonchev–Trinajstić information content (AvgIpc) is 3.13. The number of Topliss-reactive ketones (excluding diaryl/α,β-unsaturated/α-hetero) is 1. The lowest BCUT2D eigenvalue weighted by atomic mass is 9.71. The van der Waals surface area contributed by atoms with Crippen LogP contribution >= 0.6 is 11.6 Å². The van der Waals surface area contributed by atoms with E-state index < -0.39 is 0 Å². The zero-order valence-corrected chi connectivity index (χ0v) is 16.2. The van der Waals surface area contributed by atoms with Gasteiger partial charge in [-0.3, -0.25) is 4.79 Å². The third kappa shape index (κ3) is 3.55. The molecule has 2 atom stereocenters. The van der Waals surface area contributed by atoms with Gasteiger partial charge in [0.05, 0.1) is 11.5 Å². The van der Waals surface area contributed by atoms with E-state index >= 15 is 0 Å². The van der Waals surface area contributed by atoms with Crippen molar-refractivity contribution in [3.05, 3.63) is 57.9 Å². The monoisotopic (exact) mass is 385 g/mol. The highest BCUT2D eigenvalue weighted by Crippen LogP contribution is 2.44. The van der Waals surface area contributed by atoms with Crippen LogP contribution in [0.3, 0.4) is 0 Å². The number of halogens is 1. The van der Waals surface area contributed by atoms with Gasteiger partial charge in [0.2, 0.25) is 0 Å². The van der Waals surface area contributed by atoms with Gasteiger partial charge in [0, 0.05) is 28.8 Å². The number of hydrogen-bond acceptors (Lipinski definition) is 4. The molecule has 2 aliphatic carbocycles. The Morgan fingerprint density at radius 1 is 1.22 bits per heavy atom. The van der Waals surface area contributed by atoms with Crippen LogP contribution in [0.4, 0.5) is 0 Å². The average molecular weight is 386 g/mol. The van der Waals surface area contributed by atoms with E-state index in [9.17, 15) is 9.59 Å². The summed E-state index contributed by atoms with van der Waals surface area (Å²) < 4.78 is 5.82. The molecule has 0 bridgehead atoms.